The van der Waals surface area contributed by atoms with Gasteiger partial charge in [-0.15, -0.1) is 0 Å². The Balaban J connectivity index is 1.63. The Hall–Kier alpha value is -2.57. The zero-order valence-electron chi connectivity index (χ0n) is 16.1. The maximum atomic E-state index is 11.2. The summed E-state index contributed by atoms with van der Waals surface area (Å²) in [6.45, 7) is 3.70. The van der Waals surface area contributed by atoms with Crippen molar-refractivity contribution >= 4 is 23.0 Å². The summed E-state index contributed by atoms with van der Waals surface area (Å²) in [7, 11) is 0. The van der Waals surface area contributed by atoms with Gasteiger partial charge in [-0.25, -0.2) is 0 Å². The van der Waals surface area contributed by atoms with Crippen LogP contribution in [0.15, 0.2) is 48.6 Å². The first-order valence-electron chi connectivity index (χ1n) is 9.80. The maximum Gasteiger partial charge on any atom is 0.269 e. The van der Waals surface area contributed by atoms with Gasteiger partial charge in [0.2, 0.25) is 0 Å². The number of ether oxygens (including phenoxy) is 2. The number of nitrogens with zero attached hydrogens (tertiary/aromatic N) is 1. The third-order valence-corrected chi connectivity index (χ3v) is 5.90. The molecule has 2 aromatic rings. The van der Waals surface area contributed by atoms with Gasteiger partial charge in [-0.2, -0.15) is 0 Å². The van der Waals surface area contributed by atoms with Crippen LogP contribution in [0.25, 0.3) is 0 Å². The first-order chi connectivity index (χ1) is 14.1. The van der Waals surface area contributed by atoms with Gasteiger partial charge in [0.25, 0.3) is 5.69 Å². The van der Waals surface area contributed by atoms with Crippen LogP contribution in [-0.2, 0) is 4.74 Å². The number of hydrogen-bond donors (Lipinski definition) is 1. The highest BCUT2D eigenvalue weighted by molar-refractivity contribution is 6.31. The summed E-state index contributed by atoms with van der Waals surface area (Å²) in [4.78, 5) is 10.9. The molecule has 1 heterocycles. The van der Waals surface area contributed by atoms with E-state index in [1.54, 1.807) is 12.1 Å². The quantitative estimate of drug-likeness (QED) is 0.280. The molecule has 1 aliphatic heterocycles. The lowest BCUT2D eigenvalue weighted by atomic mass is 9.77. The first-order valence-corrected chi connectivity index (χ1v) is 10.2. The highest BCUT2D eigenvalue weighted by Crippen LogP contribution is 2.51. The van der Waals surface area contributed by atoms with E-state index >= 15 is 0 Å². The lowest BCUT2D eigenvalue weighted by Crippen LogP contribution is -2.29. The molecule has 1 aliphatic carbocycles. The summed E-state index contributed by atoms with van der Waals surface area (Å²) >= 11 is 6.44. The number of nitro groups is 1. The highest BCUT2D eigenvalue weighted by atomic mass is 35.5. The number of rotatable bonds is 7. The van der Waals surface area contributed by atoms with Crippen LogP contribution in [0.1, 0.15) is 36.4 Å². The zero-order chi connectivity index (χ0) is 20.4. The third-order valence-electron chi connectivity index (χ3n) is 5.56. The van der Waals surface area contributed by atoms with Gasteiger partial charge in [0.15, 0.2) is 0 Å². The van der Waals surface area contributed by atoms with Crippen molar-refractivity contribution in [3.05, 3.63) is 74.8 Å². The highest BCUT2D eigenvalue weighted by Gasteiger charge is 2.39. The van der Waals surface area contributed by atoms with Crippen LogP contribution in [0.2, 0.25) is 5.02 Å². The fourth-order valence-electron chi connectivity index (χ4n) is 4.22. The number of benzene rings is 2. The molecule has 6 nitrogen and oxygen atoms in total. The predicted molar refractivity (Wildman–Crippen MR) is 113 cm³/mol. The van der Waals surface area contributed by atoms with Crippen molar-refractivity contribution in [3.63, 3.8) is 0 Å². The number of hydrogen-bond acceptors (Lipinski definition) is 5. The van der Waals surface area contributed by atoms with Crippen LogP contribution in [0.5, 0.6) is 5.75 Å². The van der Waals surface area contributed by atoms with Crippen LogP contribution in [0.4, 0.5) is 11.4 Å². The molecular weight excluding hydrogens is 392 g/mol. The predicted octanol–water partition coefficient (Wildman–Crippen LogP) is 5.49. The Bertz CT molecular complexity index is 946. The summed E-state index contributed by atoms with van der Waals surface area (Å²) in [5.74, 6) is 1.26. The van der Waals surface area contributed by atoms with Crippen LogP contribution in [-0.4, -0.2) is 24.7 Å². The minimum absolute atomic E-state index is 0.0533. The number of allylic oxidation sites excluding steroid dienone is 2. The Kier molecular flexibility index (Phi) is 5.74. The standard InChI is InChI=1S/C22H23ClN2O4/c1-2-28-10-11-29-15-7-9-21-18(13-15)16-4-3-5-17(16)22(24-21)19-12-14(25(26)27)6-8-20(19)23/h3-4,6-9,12-13,16-17,22,24H,2,5,10-11H2,1H3. The molecule has 0 aromatic heterocycles. The monoisotopic (exact) mass is 414 g/mol. The van der Waals surface area contributed by atoms with E-state index in [4.69, 9.17) is 21.1 Å². The maximum absolute atomic E-state index is 11.2. The van der Waals surface area contributed by atoms with Crippen molar-refractivity contribution in [2.45, 2.75) is 25.3 Å². The largest absolute Gasteiger partial charge is 0.491 e. The van der Waals surface area contributed by atoms with Crippen LogP contribution in [0.3, 0.4) is 0 Å². The lowest BCUT2D eigenvalue weighted by molar-refractivity contribution is -0.384. The number of anilines is 1. The van der Waals surface area contributed by atoms with Crippen LogP contribution >= 0.6 is 11.6 Å². The van der Waals surface area contributed by atoms with Gasteiger partial charge in [0, 0.05) is 40.9 Å². The van der Waals surface area contributed by atoms with Crippen molar-refractivity contribution in [2.75, 3.05) is 25.1 Å². The number of nitro benzene ring substituents is 1. The number of fused-ring (bicyclic) bond motifs is 3. The van der Waals surface area contributed by atoms with Crippen LogP contribution in [0, 0.1) is 16.0 Å². The molecule has 1 N–H and O–H groups in total. The number of nitrogens with one attached hydrogen (secondary N) is 1. The summed E-state index contributed by atoms with van der Waals surface area (Å²) in [6.07, 6.45) is 5.27. The number of non-ortho nitro benzene ring substituents is 1. The minimum Gasteiger partial charge on any atom is -0.491 e. The summed E-state index contributed by atoms with van der Waals surface area (Å²) in [6, 6.07) is 10.6. The normalized spacial score (nSPS) is 21.9. The molecule has 2 aromatic carbocycles. The van der Waals surface area contributed by atoms with E-state index in [9.17, 15) is 10.1 Å². The van der Waals surface area contributed by atoms with E-state index in [1.807, 2.05) is 19.1 Å². The molecule has 0 spiro atoms. The van der Waals surface area contributed by atoms with E-state index < -0.39 is 0 Å². The molecule has 0 saturated heterocycles. The van der Waals surface area contributed by atoms with Gasteiger partial charge in [-0.3, -0.25) is 10.1 Å². The lowest BCUT2D eigenvalue weighted by Gasteiger charge is -2.38. The second kappa shape index (κ2) is 8.43. The van der Waals surface area contributed by atoms with E-state index in [2.05, 4.69) is 23.5 Å². The fraction of sp³-hybridized carbons (Fsp3) is 0.364. The van der Waals surface area contributed by atoms with Crippen LogP contribution < -0.4 is 10.1 Å². The first kappa shape index (κ1) is 19.7. The Morgan fingerprint density at radius 1 is 1.21 bits per heavy atom. The molecule has 3 unspecified atom stereocenters. The van der Waals surface area contributed by atoms with Crippen molar-refractivity contribution in [2.24, 2.45) is 5.92 Å². The van der Waals surface area contributed by atoms with Gasteiger partial charge in [0.1, 0.15) is 12.4 Å². The molecule has 2 aliphatic rings. The molecular formula is C22H23ClN2O4. The molecule has 0 saturated carbocycles. The van der Waals surface area contributed by atoms with Crippen molar-refractivity contribution in [3.8, 4) is 5.75 Å². The molecule has 3 atom stereocenters. The summed E-state index contributed by atoms with van der Waals surface area (Å²) in [5, 5.41) is 15.4. The molecule has 0 amide bonds. The second-order valence-corrected chi connectivity index (χ2v) is 7.64. The Labute approximate surface area is 174 Å². The number of halogens is 1. The molecule has 0 bridgehead atoms. The van der Waals surface area contributed by atoms with Gasteiger partial charge in [-0.05, 0) is 49.1 Å². The average Bonchev–Trinajstić information content (AvgIpc) is 3.21. The Morgan fingerprint density at radius 3 is 2.86 bits per heavy atom. The van der Waals surface area contributed by atoms with Gasteiger partial charge < -0.3 is 14.8 Å². The van der Waals surface area contributed by atoms with Gasteiger partial charge in [-0.1, -0.05) is 23.8 Å². The van der Waals surface area contributed by atoms with Crippen molar-refractivity contribution in [1.82, 2.24) is 0 Å². The fourth-order valence-corrected chi connectivity index (χ4v) is 4.45. The SMILES string of the molecule is CCOCCOc1ccc2c(c1)C1C=CCC1C(c1cc([N+](=O)[O-])ccc1Cl)N2. The second-order valence-electron chi connectivity index (χ2n) is 7.23. The van der Waals surface area contributed by atoms with Crippen molar-refractivity contribution < 1.29 is 14.4 Å². The van der Waals surface area contributed by atoms with Gasteiger partial charge in [0.05, 0.1) is 17.6 Å². The average molecular weight is 415 g/mol. The zero-order valence-corrected chi connectivity index (χ0v) is 16.9. The summed E-state index contributed by atoms with van der Waals surface area (Å²) < 4.78 is 11.2. The van der Waals surface area contributed by atoms with Crippen molar-refractivity contribution in [1.29, 1.82) is 0 Å². The molecule has 0 radical (unpaired) electrons. The van der Waals surface area contributed by atoms with E-state index in [1.165, 1.54) is 11.6 Å². The molecule has 152 valence electrons. The van der Waals surface area contributed by atoms with E-state index in [-0.39, 0.29) is 28.5 Å². The topological polar surface area (TPSA) is 73.6 Å². The van der Waals surface area contributed by atoms with E-state index in [0.29, 0.717) is 24.8 Å². The minimum atomic E-state index is -0.382. The smallest absolute Gasteiger partial charge is 0.269 e. The Morgan fingerprint density at radius 2 is 2.07 bits per heavy atom. The van der Waals surface area contributed by atoms with Gasteiger partial charge >= 0.3 is 0 Å². The molecule has 7 heteroatoms. The molecule has 4 rings (SSSR count). The molecule has 29 heavy (non-hydrogen) atoms. The third kappa shape index (κ3) is 3.95. The van der Waals surface area contributed by atoms with E-state index in [0.717, 1.165) is 23.4 Å². The summed E-state index contributed by atoms with van der Waals surface area (Å²) in [5.41, 5.74) is 3.00. The molecule has 0 fully saturated rings.